The Morgan fingerprint density at radius 2 is 2.00 bits per heavy atom. The smallest absolute Gasteiger partial charge is 0.251 e. The number of nitrogens with one attached hydrogen (secondary N) is 2. The van der Waals surface area contributed by atoms with Crippen LogP contribution in [0.5, 0.6) is 5.75 Å². The molecule has 1 saturated heterocycles. The number of amides is 1. The number of aryl methyl sites for hydroxylation is 1. The van der Waals surface area contributed by atoms with Crippen LogP contribution in [0.2, 0.25) is 0 Å². The van der Waals surface area contributed by atoms with E-state index in [1.807, 2.05) is 32.9 Å². The fourth-order valence-electron chi connectivity index (χ4n) is 2.17. The van der Waals surface area contributed by atoms with Gasteiger partial charge in [0.1, 0.15) is 5.75 Å². The Kier molecular flexibility index (Phi) is 3.90. The van der Waals surface area contributed by atoms with E-state index in [0.29, 0.717) is 0 Å². The molecule has 1 aromatic carbocycles. The van der Waals surface area contributed by atoms with E-state index >= 15 is 0 Å². The van der Waals surface area contributed by atoms with E-state index in [9.17, 15) is 4.79 Å². The lowest BCUT2D eigenvalue weighted by atomic mass is 10.0. The highest BCUT2D eigenvalue weighted by Gasteiger charge is 2.17. The van der Waals surface area contributed by atoms with Gasteiger partial charge in [0.25, 0.3) is 5.91 Å². The molecular formula is C15H20N2O2. The van der Waals surface area contributed by atoms with Gasteiger partial charge in [0, 0.05) is 29.9 Å². The van der Waals surface area contributed by atoms with Gasteiger partial charge in [0.2, 0.25) is 0 Å². The molecule has 0 bridgehead atoms. The number of hydrogen-bond donors (Lipinski definition) is 2. The Balaban J connectivity index is 2.22. The lowest BCUT2D eigenvalue weighted by Gasteiger charge is -2.22. The fourth-order valence-corrected chi connectivity index (χ4v) is 2.17. The highest BCUT2D eigenvalue weighted by Crippen LogP contribution is 2.29. The van der Waals surface area contributed by atoms with Gasteiger partial charge in [-0.15, -0.1) is 0 Å². The third kappa shape index (κ3) is 2.63. The van der Waals surface area contributed by atoms with Gasteiger partial charge in [-0.2, -0.15) is 0 Å². The molecule has 102 valence electrons. The molecule has 0 aromatic heterocycles. The molecule has 4 nitrogen and oxygen atoms in total. The van der Waals surface area contributed by atoms with Gasteiger partial charge in [-0.25, -0.2) is 0 Å². The molecule has 0 spiro atoms. The monoisotopic (exact) mass is 260 g/mol. The van der Waals surface area contributed by atoms with E-state index in [1.54, 1.807) is 7.11 Å². The minimum Gasteiger partial charge on any atom is -0.496 e. The maximum Gasteiger partial charge on any atom is 0.251 e. The Labute approximate surface area is 113 Å². The predicted octanol–water partition coefficient (Wildman–Crippen LogP) is 2.17. The third-order valence-corrected chi connectivity index (χ3v) is 3.60. The van der Waals surface area contributed by atoms with Crippen molar-refractivity contribution < 1.29 is 9.53 Å². The molecule has 1 aliphatic heterocycles. The molecule has 0 atom stereocenters. The van der Waals surface area contributed by atoms with Crippen LogP contribution in [0.3, 0.4) is 0 Å². The predicted molar refractivity (Wildman–Crippen MR) is 76.7 cm³/mol. The van der Waals surface area contributed by atoms with Gasteiger partial charge < -0.3 is 15.4 Å². The first kappa shape index (κ1) is 13.6. The Hall–Kier alpha value is -1.81. The molecule has 4 heteroatoms. The first-order valence-corrected chi connectivity index (χ1v) is 6.39. The molecule has 2 rings (SSSR count). The van der Waals surface area contributed by atoms with Crippen molar-refractivity contribution in [3.63, 3.8) is 0 Å². The van der Waals surface area contributed by atoms with E-state index in [2.05, 4.69) is 10.6 Å². The molecule has 0 saturated carbocycles. The minimum absolute atomic E-state index is 0.0366. The van der Waals surface area contributed by atoms with Crippen LogP contribution >= 0.6 is 0 Å². The normalized spacial score (nSPS) is 13.8. The first-order chi connectivity index (χ1) is 9.04. The van der Waals surface area contributed by atoms with Gasteiger partial charge >= 0.3 is 0 Å². The number of anilines is 1. The maximum atomic E-state index is 12.1. The van der Waals surface area contributed by atoms with Crippen LogP contribution in [-0.4, -0.2) is 26.1 Å². The summed E-state index contributed by atoms with van der Waals surface area (Å²) in [6.07, 6.45) is 0. The van der Waals surface area contributed by atoms with Gasteiger partial charge in [-0.3, -0.25) is 4.79 Å². The molecule has 0 radical (unpaired) electrons. The summed E-state index contributed by atoms with van der Waals surface area (Å²) >= 11 is 0. The van der Waals surface area contributed by atoms with Gasteiger partial charge in [0.15, 0.2) is 0 Å². The second kappa shape index (κ2) is 5.45. The summed E-state index contributed by atoms with van der Waals surface area (Å²) < 4.78 is 5.36. The summed E-state index contributed by atoms with van der Waals surface area (Å²) in [7, 11) is 1.65. The van der Waals surface area contributed by atoms with Crippen molar-refractivity contribution in [2.45, 2.75) is 20.8 Å². The number of rotatable bonds is 3. The zero-order valence-corrected chi connectivity index (χ0v) is 11.9. The quantitative estimate of drug-likeness (QED) is 0.819. The molecule has 1 aliphatic rings. The molecule has 1 amide bonds. The van der Waals surface area contributed by atoms with Crippen LogP contribution in [0.1, 0.15) is 18.1 Å². The molecule has 1 fully saturated rings. The summed E-state index contributed by atoms with van der Waals surface area (Å²) in [5.74, 6) is 0.791. The van der Waals surface area contributed by atoms with E-state index < -0.39 is 0 Å². The Morgan fingerprint density at radius 1 is 1.32 bits per heavy atom. The van der Waals surface area contributed by atoms with E-state index in [-0.39, 0.29) is 5.91 Å². The zero-order valence-electron chi connectivity index (χ0n) is 11.9. The van der Waals surface area contributed by atoms with Crippen LogP contribution in [0, 0.1) is 13.8 Å². The van der Waals surface area contributed by atoms with Crippen LogP contribution in [0.15, 0.2) is 23.3 Å². The summed E-state index contributed by atoms with van der Waals surface area (Å²) in [4.78, 5) is 12.1. The van der Waals surface area contributed by atoms with E-state index in [4.69, 9.17) is 4.74 Å². The average molecular weight is 260 g/mol. The molecule has 19 heavy (non-hydrogen) atoms. The Morgan fingerprint density at radius 3 is 2.53 bits per heavy atom. The lowest BCUT2D eigenvalue weighted by Crippen LogP contribution is -2.36. The highest BCUT2D eigenvalue weighted by molar-refractivity contribution is 6.04. The van der Waals surface area contributed by atoms with Gasteiger partial charge in [-0.05, 0) is 38.0 Å². The summed E-state index contributed by atoms with van der Waals surface area (Å²) in [6, 6.07) is 3.87. The SMILES string of the molecule is COc1c(C)ccc(NC(=O)C(C)=C2CNC2)c1C. The number of carbonyl (C=O) groups is 1. The van der Waals surface area contributed by atoms with Crippen LogP contribution in [0.25, 0.3) is 0 Å². The number of methoxy groups -OCH3 is 1. The largest absolute Gasteiger partial charge is 0.496 e. The Bertz CT molecular complexity index is 541. The molecule has 2 N–H and O–H groups in total. The fraction of sp³-hybridized carbons (Fsp3) is 0.400. The summed E-state index contributed by atoms with van der Waals surface area (Å²) in [6.45, 7) is 7.44. The molecule has 0 aliphatic carbocycles. The summed E-state index contributed by atoms with van der Waals surface area (Å²) in [5, 5.41) is 6.10. The molecule has 1 heterocycles. The minimum atomic E-state index is -0.0366. The number of carbonyl (C=O) groups excluding carboxylic acids is 1. The van der Waals surface area contributed by atoms with Crippen molar-refractivity contribution in [1.29, 1.82) is 0 Å². The van der Waals surface area contributed by atoms with Crippen LogP contribution in [-0.2, 0) is 4.79 Å². The molecule has 1 aromatic rings. The third-order valence-electron chi connectivity index (χ3n) is 3.60. The van der Waals surface area contributed by atoms with E-state index in [0.717, 1.165) is 41.2 Å². The maximum absolute atomic E-state index is 12.1. The second-order valence-corrected chi connectivity index (χ2v) is 4.87. The van der Waals surface area contributed by atoms with Crippen molar-refractivity contribution in [2.24, 2.45) is 0 Å². The number of ether oxygens (including phenoxy) is 1. The topological polar surface area (TPSA) is 50.4 Å². The standard InChI is InChI=1S/C15H20N2O2/c1-9-5-6-13(11(3)14(9)19-4)17-15(18)10(2)12-7-16-8-12/h5-6,16H,7-8H2,1-4H3,(H,17,18). The van der Waals surface area contributed by atoms with Gasteiger partial charge in [0.05, 0.1) is 7.11 Å². The van der Waals surface area contributed by atoms with Crippen LogP contribution in [0.4, 0.5) is 5.69 Å². The average Bonchev–Trinajstić information content (AvgIpc) is 2.31. The second-order valence-electron chi connectivity index (χ2n) is 4.87. The molecule has 0 unspecified atom stereocenters. The van der Waals surface area contributed by atoms with Gasteiger partial charge in [-0.1, -0.05) is 6.07 Å². The first-order valence-electron chi connectivity index (χ1n) is 6.39. The number of benzene rings is 1. The number of hydrogen-bond acceptors (Lipinski definition) is 3. The van der Waals surface area contributed by atoms with Crippen LogP contribution < -0.4 is 15.4 Å². The van der Waals surface area contributed by atoms with Crippen molar-refractivity contribution >= 4 is 11.6 Å². The zero-order chi connectivity index (χ0) is 14.0. The van der Waals surface area contributed by atoms with Crippen molar-refractivity contribution in [3.05, 3.63) is 34.4 Å². The van der Waals surface area contributed by atoms with E-state index in [1.165, 1.54) is 5.57 Å². The summed E-state index contributed by atoms with van der Waals surface area (Å²) in [5.41, 5.74) is 4.81. The lowest BCUT2D eigenvalue weighted by molar-refractivity contribution is -0.112. The van der Waals surface area contributed by atoms with Crippen molar-refractivity contribution in [2.75, 3.05) is 25.5 Å². The van der Waals surface area contributed by atoms with Crippen molar-refractivity contribution in [1.82, 2.24) is 5.32 Å². The molecular weight excluding hydrogens is 240 g/mol. The highest BCUT2D eigenvalue weighted by atomic mass is 16.5. The van der Waals surface area contributed by atoms with Crippen molar-refractivity contribution in [3.8, 4) is 5.75 Å².